The molecule has 1 aliphatic heterocycles. The van der Waals surface area contributed by atoms with Crippen LogP contribution in [0.4, 0.5) is 0 Å². The summed E-state index contributed by atoms with van der Waals surface area (Å²) in [4.78, 5) is 6.88. The van der Waals surface area contributed by atoms with E-state index < -0.39 is 0 Å². The molecule has 0 radical (unpaired) electrons. The molecule has 1 aliphatic rings. The number of benzene rings is 1. The van der Waals surface area contributed by atoms with Crippen LogP contribution in [-0.2, 0) is 5.54 Å². The van der Waals surface area contributed by atoms with E-state index in [9.17, 15) is 0 Å². The van der Waals surface area contributed by atoms with Crippen LogP contribution in [0.1, 0.15) is 18.7 Å². The number of likely N-dealkylation sites (tertiary alicyclic amines) is 1. The molecule has 0 unspecified atom stereocenters. The van der Waals surface area contributed by atoms with Crippen molar-refractivity contribution in [2.45, 2.75) is 18.4 Å². The molecule has 1 N–H and O–H groups in total. The average Bonchev–Trinajstić information content (AvgIpc) is 3.00. The molecule has 0 bridgehead atoms. The van der Waals surface area contributed by atoms with Crippen LogP contribution in [0.2, 0.25) is 0 Å². The summed E-state index contributed by atoms with van der Waals surface area (Å²) in [6.07, 6.45) is 3.88. The van der Waals surface area contributed by atoms with Crippen molar-refractivity contribution in [3.8, 4) is 11.3 Å². The Morgan fingerprint density at radius 2 is 1.90 bits per heavy atom. The minimum absolute atomic E-state index is 0.125. The zero-order valence-electron chi connectivity index (χ0n) is 12.1. The fourth-order valence-electron chi connectivity index (χ4n) is 2.80. The molecular weight excluding hydrogens is 250 g/mol. The van der Waals surface area contributed by atoms with Crippen LogP contribution in [0.15, 0.2) is 40.9 Å². The number of nitrogens with one attached hydrogen (secondary N) is 1. The molecule has 2 aromatic rings. The fourth-order valence-corrected chi connectivity index (χ4v) is 2.80. The highest BCUT2D eigenvalue weighted by atomic mass is 16.4. The first-order valence-corrected chi connectivity index (χ1v) is 7.13. The van der Waals surface area contributed by atoms with Crippen LogP contribution in [-0.4, -0.2) is 37.1 Å². The molecule has 4 heteroatoms. The molecule has 106 valence electrons. The van der Waals surface area contributed by atoms with Crippen molar-refractivity contribution in [3.05, 3.63) is 42.4 Å². The molecule has 1 fully saturated rings. The maximum atomic E-state index is 6.05. The largest absolute Gasteiger partial charge is 0.439 e. The third-order valence-corrected chi connectivity index (χ3v) is 4.29. The minimum atomic E-state index is -0.125. The molecule has 4 nitrogen and oxygen atoms in total. The van der Waals surface area contributed by atoms with Crippen molar-refractivity contribution in [2.75, 3.05) is 27.2 Å². The summed E-state index contributed by atoms with van der Waals surface area (Å²) >= 11 is 0. The number of hydrogen-bond acceptors (Lipinski definition) is 4. The number of piperidine rings is 1. The second kappa shape index (κ2) is 5.38. The summed E-state index contributed by atoms with van der Waals surface area (Å²) in [6, 6.07) is 10.1. The van der Waals surface area contributed by atoms with E-state index in [0.717, 1.165) is 43.1 Å². The van der Waals surface area contributed by atoms with Gasteiger partial charge >= 0.3 is 0 Å². The van der Waals surface area contributed by atoms with Gasteiger partial charge in [-0.15, -0.1) is 0 Å². The lowest BCUT2D eigenvalue weighted by Gasteiger charge is -2.38. The quantitative estimate of drug-likeness (QED) is 0.931. The number of aromatic nitrogens is 1. The number of rotatable bonds is 3. The lowest BCUT2D eigenvalue weighted by atomic mass is 9.87. The van der Waals surface area contributed by atoms with Gasteiger partial charge in [0.25, 0.3) is 0 Å². The predicted octanol–water partition coefficient (Wildman–Crippen LogP) is 2.48. The van der Waals surface area contributed by atoms with Crippen molar-refractivity contribution in [2.24, 2.45) is 0 Å². The summed E-state index contributed by atoms with van der Waals surface area (Å²) in [6.45, 7) is 2.12. The van der Waals surface area contributed by atoms with Crippen molar-refractivity contribution in [3.63, 3.8) is 0 Å². The Kier molecular flexibility index (Phi) is 3.59. The zero-order valence-corrected chi connectivity index (χ0v) is 12.1. The molecule has 20 heavy (non-hydrogen) atoms. The van der Waals surface area contributed by atoms with E-state index in [1.807, 2.05) is 43.6 Å². The molecule has 0 aliphatic carbocycles. The topological polar surface area (TPSA) is 41.3 Å². The lowest BCUT2D eigenvalue weighted by molar-refractivity contribution is 0.138. The molecule has 0 saturated carbocycles. The van der Waals surface area contributed by atoms with Gasteiger partial charge in [0, 0.05) is 18.7 Å². The smallest absolute Gasteiger partial charge is 0.215 e. The normalized spacial score (nSPS) is 19.1. The molecule has 1 aromatic heterocycles. The Bertz CT molecular complexity index is 556. The van der Waals surface area contributed by atoms with E-state index in [4.69, 9.17) is 4.42 Å². The molecule has 0 atom stereocenters. The average molecular weight is 271 g/mol. The maximum Gasteiger partial charge on any atom is 0.215 e. The van der Waals surface area contributed by atoms with E-state index in [2.05, 4.69) is 22.2 Å². The molecular formula is C16H21N3O. The highest BCUT2D eigenvalue weighted by molar-refractivity contribution is 5.55. The van der Waals surface area contributed by atoms with Crippen LogP contribution < -0.4 is 5.32 Å². The SMILES string of the molecule is CNC1(c2ncc(-c3ccccc3)o2)CCN(C)CC1. The first-order valence-electron chi connectivity index (χ1n) is 7.13. The van der Waals surface area contributed by atoms with Crippen molar-refractivity contribution in [1.29, 1.82) is 0 Å². The van der Waals surface area contributed by atoms with Crippen LogP contribution in [0.3, 0.4) is 0 Å². The maximum absolute atomic E-state index is 6.05. The van der Waals surface area contributed by atoms with E-state index in [-0.39, 0.29) is 5.54 Å². The molecule has 1 saturated heterocycles. The molecule has 0 spiro atoms. The van der Waals surface area contributed by atoms with Gasteiger partial charge in [-0.05, 0) is 26.9 Å². The van der Waals surface area contributed by atoms with E-state index in [1.54, 1.807) is 0 Å². The molecule has 2 heterocycles. The van der Waals surface area contributed by atoms with E-state index >= 15 is 0 Å². The predicted molar refractivity (Wildman–Crippen MR) is 79.4 cm³/mol. The van der Waals surface area contributed by atoms with Crippen molar-refractivity contribution in [1.82, 2.24) is 15.2 Å². The summed E-state index contributed by atoms with van der Waals surface area (Å²) in [5.74, 6) is 1.65. The third kappa shape index (κ3) is 2.37. The Morgan fingerprint density at radius 3 is 2.55 bits per heavy atom. The first kappa shape index (κ1) is 13.3. The van der Waals surface area contributed by atoms with Crippen LogP contribution in [0.5, 0.6) is 0 Å². The Labute approximate surface area is 119 Å². The van der Waals surface area contributed by atoms with Gasteiger partial charge < -0.3 is 14.6 Å². The van der Waals surface area contributed by atoms with Gasteiger partial charge in [0.05, 0.1) is 11.7 Å². The number of oxazole rings is 1. The molecule has 3 rings (SSSR count). The minimum Gasteiger partial charge on any atom is -0.439 e. The van der Waals surface area contributed by atoms with Crippen LogP contribution in [0, 0.1) is 0 Å². The number of hydrogen-bond donors (Lipinski definition) is 1. The van der Waals surface area contributed by atoms with Gasteiger partial charge in [0.15, 0.2) is 5.76 Å². The van der Waals surface area contributed by atoms with Gasteiger partial charge in [0.1, 0.15) is 0 Å². The van der Waals surface area contributed by atoms with E-state index in [0.29, 0.717) is 0 Å². The van der Waals surface area contributed by atoms with Crippen LogP contribution in [0.25, 0.3) is 11.3 Å². The molecule has 0 amide bonds. The monoisotopic (exact) mass is 271 g/mol. The van der Waals surface area contributed by atoms with Gasteiger partial charge in [-0.3, -0.25) is 0 Å². The Morgan fingerprint density at radius 1 is 1.20 bits per heavy atom. The summed E-state index contributed by atoms with van der Waals surface area (Å²) < 4.78 is 6.05. The first-order chi connectivity index (χ1) is 9.73. The van der Waals surface area contributed by atoms with E-state index in [1.165, 1.54) is 0 Å². The van der Waals surface area contributed by atoms with Gasteiger partial charge in [0.2, 0.25) is 5.89 Å². The van der Waals surface area contributed by atoms with Crippen LogP contribution >= 0.6 is 0 Å². The summed E-state index contributed by atoms with van der Waals surface area (Å²) in [7, 11) is 4.16. The van der Waals surface area contributed by atoms with Gasteiger partial charge in [-0.1, -0.05) is 30.3 Å². The lowest BCUT2D eigenvalue weighted by Crippen LogP contribution is -2.49. The van der Waals surface area contributed by atoms with Crippen molar-refractivity contribution >= 4 is 0 Å². The standard InChI is InChI=1S/C16H21N3O/c1-17-16(8-10-19(2)11-9-16)15-18-12-14(20-15)13-6-4-3-5-7-13/h3-7,12,17H,8-11H2,1-2H3. The summed E-state index contributed by atoms with van der Waals surface area (Å²) in [5.41, 5.74) is 0.949. The summed E-state index contributed by atoms with van der Waals surface area (Å²) in [5, 5.41) is 3.44. The highest BCUT2D eigenvalue weighted by Crippen LogP contribution is 2.33. The number of nitrogens with zero attached hydrogens (tertiary/aromatic N) is 2. The highest BCUT2D eigenvalue weighted by Gasteiger charge is 2.38. The fraction of sp³-hybridized carbons (Fsp3) is 0.438. The Balaban J connectivity index is 1.89. The van der Waals surface area contributed by atoms with Crippen molar-refractivity contribution < 1.29 is 4.42 Å². The third-order valence-electron chi connectivity index (χ3n) is 4.29. The molecule has 1 aromatic carbocycles. The van der Waals surface area contributed by atoms with Gasteiger partial charge in [-0.25, -0.2) is 4.98 Å². The Hall–Kier alpha value is -1.65. The second-order valence-electron chi connectivity index (χ2n) is 5.53. The second-order valence-corrected chi connectivity index (χ2v) is 5.53. The van der Waals surface area contributed by atoms with Gasteiger partial charge in [-0.2, -0.15) is 0 Å². The zero-order chi connectivity index (χ0) is 14.0.